The molecule has 1 N–H and O–H groups in total. The molecule has 10 rings (SSSR count). The molecule has 5 nitrogen and oxygen atoms in total. The molecule has 0 saturated carbocycles. The molecule has 0 bridgehead atoms. The number of aromatic nitrogens is 4. The molecule has 3 aromatic heterocycles. The Hall–Kier alpha value is -6.62. The standard InChI is InChI=1S/C76H86FN4O.Pt/c1-70(2,3)48-25-27-64-60(41-48)61-43-54(76(19,20)21)42-59(68(61)80(64)56-37-50(72(7,8)9)35-51(38-56)73(10,11)12)45-29-30-78-63(34-45)47-31-46(32-49(33-47)71(4,5)6)58-23-22-24-65-67(58)79-69(62-44-55(77)26-28-66(62)82)81(65)57-39-52(74(13,14)15)36-53(40-57)75(16,17)18;/h22-30,32-44,82H,1-21H3;/q-1;. The zero-order valence-electron chi connectivity index (χ0n) is 53.1. The van der Waals surface area contributed by atoms with Crippen molar-refractivity contribution in [3.63, 3.8) is 0 Å². The largest absolute Gasteiger partial charge is 0.507 e. The van der Waals surface area contributed by atoms with Crippen molar-refractivity contribution in [2.45, 2.75) is 183 Å². The van der Waals surface area contributed by atoms with E-state index in [1.165, 1.54) is 67.9 Å². The summed E-state index contributed by atoms with van der Waals surface area (Å²) >= 11 is 0. The van der Waals surface area contributed by atoms with Gasteiger partial charge in [-0.1, -0.05) is 193 Å². The van der Waals surface area contributed by atoms with Crippen molar-refractivity contribution in [3.05, 3.63) is 184 Å². The van der Waals surface area contributed by atoms with Gasteiger partial charge in [0.05, 0.1) is 27.6 Å². The summed E-state index contributed by atoms with van der Waals surface area (Å²) in [5.41, 5.74) is 19.5. The summed E-state index contributed by atoms with van der Waals surface area (Å²) in [5, 5.41) is 14.0. The molecule has 0 fully saturated rings. The van der Waals surface area contributed by atoms with Crippen LogP contribution in [0.4, 0.5) is 4.39 Å². The van der Waals surface area contributed by atoms with Crippen LogP contribution in [0.15, 0.2) is 134 Å². The molecule has 0 radical (unpaired) electrons. The van der Waals surface area contributed by atoms with Crippen molar-refractivity contribution < 1.29 is 30.6 Å². The van der Waals surface area contributed by atoms with E-state index in [-0.39, 0.29) is 64.7 Å². The number of phenols is 1. The van der Waals surface area contributed by atoms with Crippen LogP contribution in [0.2, 0.25) is 0 Å². The molecule has 0 atom stereocenters. The number of halogens is 1. The fourth-order valence-electron chi connectivity index (χ4n) is 11.2. The molecule has 3 heterocycles. The first kappa shape index (κ1) is 61.0. The van der Waals surface area contributed by atoms with Gasteiger partial charge < -0.3 is 9.67 Å². The van der Waals surface area contributed by atoms with E-state index in [4.69, 9.17) is 9.97 Å². The summed E-state index contributed by atoms with van der Waals surface area (Å²) in [6.45, 7) is 47.8. The molecule has 7 aromatic carbocycles. The van der Waals surface area contributed by atoms with Crippen LogP contribution in [0.1, 0.15) is 184 Å². The number of fused-ring (bicyclic) bond motifs is 4. The monoisotopic (exact) mass is 1280 g/mol. The SMILES string of the molecule is CC(C)(C)c1cc(-c2cc(-c3cc(C(C)(C)C)cc4c5cc(C(C)(C)C)ccc5n(-c5cc(C(C)(C)C)cc(C(C)(C)C)c5)c34)ccn2)[c-]c(-c2cccc3c2nc(-c2cc(F)ccc2O)n3-c2cc(C(C)(C)C)cc(C(C)(C)C)c2)c1.[Pt]. The van der Waals surface area contributed by atoms with Gasteiger partial charge in [-0.3, -0.25) is 9.55 Å². The maximum absolute atomic E-state index is 15.4. The van der Waals surface area contributed by atoms with Gasteiger partial charge in [0.2, 0.25) is 0 Å². The quantitative estimate of drug-likeness (QED) is 0.169. The molecule has 434 valence electrons. The minimum atomic E-state index is -0.456. The van der Waals surface area contributed by atoms with E-state index in [0.29, 0.717) is 16.9 Å². The van der Waals surface area contributed by atoms with E-state index in [1.54, 1.807) is 0 Å². The topological polar surface area (TPSA) is 55.9 Å². The minimum absolute atomic E-state index is 0. The van der Waals surface area contributed by atoms with Gasteiger partial charge in [0, 0.05) is 60.7 Å². The molecule has 0 unspecified atom stereocenters. The zero-order valence-corrected chi connectivity index (χ0v) is 55.4. The van der Waals surface area contributed by atoms with Crippen molar-refractivity contribution in [1.82, 2.24) is 19.1 Å². The van der Waals surface area contributed by atoms with Crippen LogP contribution >= 0.6 is 0 Å². The van der Waals surface area contributed by atoms with Gasteiger partial charge in [-0.2, -0.15) is 0 Å². The summed E-state index contributed by atoms with van der Waals surface area (Å²) in [5.74, 6) is -0.0597. The van der Waals surface area contributed by atoms with Crippen LogP contribution in [0.5, 0.6) is 5.75 Å². The molecular weight excluding hydrogens is 1200 g/mol. The van der Waals surface area contributed by atoms with E-state index in [9.17, 15) is 5.11 Å². The number of benzene rings is 7. The molecule has 7 heteroatoms. The predicted octanol–water partition coefficient (Wildman–Crippen LogP) is 20.9. The van der Waals surface area contributed by atoms with Crippen molar-refractivity contribution in [1.29, 1.82) is 0 Å². The Morgan fingerprint density at radius 1 is 0.422 bits per heavy atom. The number of imidazole rings is 1. The Morgan fingerprint density at radius 3 is 1.46 bits per heavy atom. The van der Waals surface area contributed by atoms with Crippen LogP contribution < -0.4 is 0 Å². The van der Waals surface area contributed by atoms with E-state index in [2.05, 4.69) is 270 Å². The predicted molar refractivity (Wildman–Crippen MR) is 346 cm³/mol. The average molecular weight is 1290 g/mol. The second kappa shape index (κ2) is 20.9. The average Bonchev–Trinajstić information content (AvgIpc) is 2.02. The first-order chi connectivity index (χ1) is 37.9. The Labute approximate surface area is 509 Å². The van der Waals surface area contributed by atoms with Gasteiger partial charge >= 0.3 is 0 Å². The van der Waals surface area contributed by atoms with E-state index in [1.807, 2.05) is 6.20 Å². The first-order valence-electron chi connectivity index (χ1n) is 29.4. The Morgan fingerprint density at radius 2 is 0.916 bits per heavy atom. The molecule has 83 heavy (non-hydrogen) atoms. The van der Waals surface area contributed by atoms with Gasteiger partial charge in [0.25, 0.3) is 0 Å². The fourth-order valence-corrected chi connectivity index (χ4v) is 11.2. The second-order valence-electron chi connectivity index (χ2n) is 30.5. The second-order valence-corrected chi connectivity index (χ2v) is 30.5. The summed E-state index contributed by atoms with van der Waals surface area (Å²) in [7, 11) is 0. The number of aromatic hydroxyl groups is 1. The van der Waals surface area contributed by atoms with Gasteiger partial charge in [-0.05, 0) is 156 Å². The van der Waals surface area contributed by atoms with Gasteiger partial charge in [0.1, 0.15) is 17.4 Å². The third-order valence-corrected chi connectivity index (χ3v) is 16.7. The summed E-state index contributed by atoms with van der Waals surface area (Å²) < 4.78 is 20.0. The van der Waals surface area contributed by atoms with Crippen LogP contribution in [0.25, 0.3) is 89.1 Å². The van der Waals surface area contributed by atoms with Gasteiger partial charge in [0.15, 0.2) is 0 Å². The number of hydrogen-bond donors (Lipinski definition) is 1. The molecule has 0 spiro atoms. The van der Waals surface area contributed by atoms with Crippen LogP contribution in [0, 0.1) is 11.9 Å². The van der Waals surface area contributed by atoms with Crippen molar-refractivity contribution in [2.75, 3.05) is 0 Å². The zero-order chi connectivity index (χ0) is 59.8. The molecule has 0 aliphatic carbocycles. The molecule has 0 saturated heterocycles. The third kappa shape index (κ3) is 11.8. The molecule has 10 aromatic rings. The smallest absolute Gasteiger partial charge is 0.148 e. The number of hydrogen-bond acceptors (Lipinski definition) is 3. The summed E-state index contributed by atoms with van der Waals surface area (Å²) in [4.78, 5) is 10.6. The van der Waals surface area contributed by atoms with Gasteiger partial charge in [-0.15, -0.1) is 29.3 Å². The normalized spacial score (nSPS) is 13.1. The van der Waals surface area contributed by atoms with E-state index in [0.717, 1.165) is 61.5 Å². The Bertz CT molecular complexity index is 4090. The number of rotatable bonds is 6. The Balaban J connectivity index is 0.00000828. The van der Waals surface area contributed by atoms with E-state index >= 15 is 4.39 Å². The fraction of sp³-hybridized carbons (Fsp3) is 0.368. The maximum Gasteiger partial charge on any atom is 0.148 e. The van der Waals surface area contributed by atoms with Crippen LogP contribution in [0.3, 0.4) is 0 Å². The maximum atomic E-state index is 15.4. The van der Waals surface area contributed by atoms with Crippen LogP contribution in [-0.2, 0) is 59.0 Å². The van der Waals surface area contributed by atoms with Crippen LogP contribution in [-0.4, -0.2) is 24.2 Å². The van der Waals surface area contributed by atoms with Crippen molar-refractivity contribution in [2.24, 2.45) is 0 Å². The molecule has 0 aliphatic heterocycles. The summed E-state index contributed by atoms with van der Waals surface area (Å²) in [6, 6.07) is 49.1. The third-order valence-electron chi connectivity index (χ3n) is 16.7. The number of para-hydroxylation sites is 1. The van der Waals surface area contributed by atoms with E-state index < -0.39 is 5.82 Å². The first-order valence-corrected chi connectivity index (χ1v) is 29.4. The molecule has 0 amide bonds. The van der Waals surface area contributed by atoms with Crippen molar-refractivity contribution >= 4 is 32.8 Å². The summed E-state index contributed by atoms with van der Waals surface area (Å²) in [6.07, 6.45) is 1.96. The molecular formula is C76H86FN4OPt-. The number of phenolic OH excluding ortho intramolecular Hbond substituents is 1. The van der Waals surface area contributed by atoms with Crippen molar-refractivity contribution in [3.8, 4) is 62.0 Å². The minimum Gasteiger partial charge on any atom is -0.507 e. The van der Waals surface area contributed by atoms with Gasteiger partial charge in [-0.25, -0.2) is 9.37 Å². The number of nitrogens with zero attached hydrogens (tertiary/aromatic N) is 4. The number of pyridine rings is 1. The molecule has 0 aliphatic rings. The Kier molecular flexibility index (Phi) is 15.3.